The summed E-state index contributed by atoms with van der Waals surface area (Å²) in [5.74, 6) is 0.449. The van der Waals surface area contributed by atoms with Gasteiger partial charge in [0.1, 0.15) is 0 Å². The van der Waals surface area contributed by atoms with Crippen LogP contribution in [0.25, 0.3) is 0 Å². The van der Waals surface area contributed by atoms with Crippen molar-refractivity contribution in [3.05, 3.63) is 28.2 Å². The minimum atomic E-state index is -0.780. The third-order valence-electron chi connectivity index (χ3n) is 1.62. The molecule has 1 aromatic rings. The topological polar surface area (TPSA) is 35.5 Å². The summed E-state index contributed by atoms with van der Waals surface area (Å²) >= 11 is 11.5. The van der Waals surface area contributed by atoms with E-state index in [1.165, 1.54) is 6.07 Å². The summed E-state index contributed by atoms with van der Waals surface area (Å²) in [5, 5.41) is 0.752. The Morgan fingerprint density at radius 1 is 1.38 bits per heavy atom. The van der Waals surface area contributed by atoms with E-state index < -0.39 is 6.16 Å². The van der Waals surface area contributed by atoms with Crippen molar-refractivity contribution in [2.75, 3.05) is 6.61 Å². The van der Waals surface area contributed by atoms with Crippen LogP contribution in [0.15, 0.2) is 18.2 Å². The zero-order valence-electron chi connectivity index (χ0n) is 9.00. The first-order valence-corrected chi connectivity index (χ1v) is 5.54. The van der Waals surface area contributed by atoms with Gasteiger partial charge in [0.2, 0.25) is 0 Å². The van der Waals surface area contributed by atoms with Gasteiger partial charge >= 0.3 is 6.16 Å². The SMILES string of the molecule is CC(C)COC(=O)Oc1cc(Cl)ccc1Cl. The second-order valence-corrected chi connectivity index (χ2v) is 4.48. The zero-order chi connectivity index (χ0) is 12.1. The van der Waals surface area contributed by atoms with Crippen LogP contribution in [0, 0.1) is 5.92 Å². The Hall–Kier alpha value is -0.930. The first kappa shape index (κ1) is 13.1. The van der Waals surface area contributed by atoms with Crippen LogP contribution in [0.4, 0.5) is 4.79 Å². The normalized spacial score (nSPS) is 10.3. The maximum absolute atomic E-state index is 11.2. The van der Waals surface area contributed by atoms with Crippen molar-refractivity contribution in [1.82, 2.24) is 0 Å². The van der Waals surface area contributed by atoms with E-state index in [1.54, 1.807) is 12.1 Å². The second kappa shape index (κ2) is 5.97. The van der Waals surface area contributed by atoms with Gasteiger partial charge in [0.05, 0.1) is 11.6 Å². The predicted molar refractivity (Wildman–Crippen MR) is 63.3 cm³/mol. The Bertz CT molecular complexity index is 377. The van der Waals surface area contributed by atoms with Gasteiger partial charge in [0, 0.05) is 11.1 Å². The molecule has 0 amide bonds. The lowest BCUT2D eigenvalue weighted by atomic mass is 10.2. The number of benzene rings is 1. The third-order valence-corrected chi connectivity index (χ3v) is 2.17. The van der Waals surface area contributed by atoms with Gasteiger partial charge in [0.15, 0.2) is 5.75 Å². The molecule has 0 spiro atoms. The average molecular weight is 263 g/mol. The highest BCUT2D eigenvalue weighted by atomic mass is 35.5. The molecule has 0 aliphatic rings. The minimum absolute atomic E-state index is 0.197. The molecule has 0 bridgehead atoms. The fourth-order valence-electron chi connectivity index (χ4n) is 0.909. The Morgan fingerprint density at radius 3 is 2.69 bits per heavy atom. The fraction of sp³-hybridized carbons (Fsp3) is 0.364. The molecule has 88 valence electrons. The van der Waals surface area contributed by atoms with Gasteiger partial charge < -0.3 is 9.47 Å². The zero-order valence-corrected chi connectivity index (χ0v) is 10.5. The molecule has 1 rings (SSSR count). The summed E-state index contributed by atoms with van der Waals surface area (Å²) in [6.45, 7) is 4.16. The summed E-state index contributed by atoms with van der Waals surface area (Å²) in [5.41, 5.74) is 0. The molecule has 0 atom stereocenters. The maximum Gasteiger partial charge on any atom is 0.513 e. The lowest BCUT2D eigenvalue weighted by Crippen LogP contribution is -2.14. The molecule has 0 saturated carbocycles. The van der Waals surface area contributed by atoms with Crippen molar-refractivity contribution >= 4 is 29.4 Å². The van der Waals surface area contributed by atoms with Crippen molar-refractivity contribution in [1.29, 1.82) is 0 Å². The van der Waals surface area contributed by atoms with E-state index in [0.29, 0.717) is 16.7 Å². The standard InChI is InChI=1S/C11H12Cl2O3/c1-7(2)6-15-11(14)16-10-5-8(12)3-4-9(10)13/h3-5,7H,6H2,1-2H3. The summed E-state index contributed by atoms with van der Waals surface area (Å²) in [6.07, 6.45) is -0.780. The average Bonchev–Trinajstić information content (AvgIpc) is 2.20. The smallest absolute Gasteiger partial charge is 0.434 e. The largest absolute Gasteiger partial charge is 0.513 e. The van der Waals surface area contributed by atoms with Crippen LogP contribution in [-0.2, 0) is 4.74 Å². The van der Waals surface area contributed by atoms with Gasteiger partial charge in [-0.3, -0.25) is 0 Å². The van der Waals surface area contributed by atoms with Crippen LogP contribution in [0.2, 0.25) is 10.0 Å². The van der Waals surface area contributed by atoms with E-state index in [4.69, 9.17) is 32.7 Å². The van der Waals surface area contributed by atoms with Crippen LogP contribution in [0.5, 0.6) is 5.75 Å². The molecule has 3 nitrogen and oxygen atoms in total. The molecule has 0 aliphatic carbocycles. The monoisotopic (exact) mass is 262 g/mol. The molecule has 0 aromatic heterocycles. The highest BCUT2D eigenvalue weighted by Gasteiger charge is 2.10. The molecule has 0 saturated heterocycles. The van der Waals surface area contributed by atoms with Gasteiger partial charge in [-0.2, -0.15) is 0 Å². The molecule has 0 heterocycles. The van der Waals surface area contributed by atoms with E-state index in [-0.39, 0.29) is 11.7 Å². The Kier molecular flexibility index (Phi) is 4.90. The highest BCUT2D eigenvalue weighted by Crippen LogP contribution is 2.27. The first-order valence-electron chi connectivity index (χ1n) is 4.78. The number of carbonyl (C=O) groups excluding carboxylic acids is 1. The number of hydrogen-bond donors (Lipinski definition) is 0. The van der Waals surface area contributed by atoms with E-state index in [2.05, 4.69) is 0 Å². The summed E-state index contributed by atoms with van der Waals surface area (Å²) in [4.78, 5) is 11.2. The molecular formula is C11H12Cl2O3. The Labute approximate surface area is 104 Å². The Balaban J connectivity index is 2.59. The predicted octanol–water partition coefficient (Wildman–Crippen LogP) is 4.16. The molecule has 5 heteroatoms. The third kappa shape index (κ3) is 4.29. The van der Waals surface area contributed by atoms with Gasteiger partial charge in [-0.05, 0) is 18.1 Å². The minimum Gasteiger partial charge on any atom is -0.434 e. The van der Waals surface area contributed by atoms with E-state index in [1.807, 2.05) is 13.8 Å². The van der Waals surface area contributed by atoms with E-state index >= 15 is 0 Å². The molecule has 1 aromatic carbocycles. The van der Waals surface area contributed by atoms with Crippen LogP contribution in [-0.4, -0.2) is 12.8 Å². The lowest BCUT2D eigenvalue weighted by Gasteiger charge is -2.08. The van der Waals surface area contributed by atoms with Crippen LogP contribution >= 0.6 is 23.2 Å². The van der Waals surface area contributed by atoms with Crippen molar-refractivity contribution < 1.29 is 14.3 Å². The number of hydrogen-bond acceptors (Lipinski definition) is 3. The second-order valence-electron chi connectivity index (χ2n) is 3.63. The quantitative estimate of drug-likeness (QED) is 0.606. The number of ether oxygens (including phenoxy) is 2. The first-order chi connectivity index (χ1) is 7.49. The van der Waals surface area contributed by atoms with Gasteiger partial charge in [0.25, 0.3) is 0 Å². The van der Waals surface area contributed by atoms with Crippen LogP contribution in [0.1, 0.15) is 13.8 Å². The molecule has 16 heavy (non-hydrogen) atoms. The van der Waals surface area contributed by atoms with E-state index in [9.17, 15) is 4.79 Å². The highest BCUT2D eigenvalue weighted by molar-refractivity contribution is 6.34. The van der Waals surface area contributed by atoms with Gasteiger partial charge in [-0.15, -0.1) is 0 Å². The lowest BCUT2D eigenvalue weighted by molar-refractivity contribution is 0.0886. The molecule has 0 N–H and O–H groups in total. The molecule has 0 radical (unpaired) electrons. The summed E-state index contributed by atoms with van der Waals surface area (Å²) in [7, 11) is 0. The number of rotatable bonds is 3. The van der Waals surface area contributed by atoms with E-state index in [0.717, 1.165) is 0 Å². The van der Waals surface area contributed by atoms with Crippen LogP contribution < -0.4 is 4.74 Å². The molecule has 0 fully saturated rings. The maximum atomic E-state index is 11.2. The van der Waals surface area contributed by atoms with Crippen molar-refractivity contribution in [2.24, 2.45) is 5.92 Å². The molecule has 0 unspecified atom stereocenters. The number of halogens is 2. The van der Waals surface area contributed by atoms with Crippen molar-refractivity contribution in [2.45, 2.75) is 13.8 Å². The Morgan fingerprint density at radius 2 is 2.06 bits per heavy atom. The molecular weight excluding hydrogens is 251 g/mol. The molecule has 0 aliphatic heterocycles. The summed E-state index contributed by atoms with van der Waals surface area (Å²) in [6, 6.07) is 4.62. The van der Waals surface area contributed by atoms with Crippen molar-refractivity contribution in [3.8, 4) is 5.75 Å². The van der Waals surface area contributed by atoms with Crippen molar-refractivity contribution in [3.63, 3.8) is 0 Å². The van der Waals surface area contributed by atoms with Gasteiger partial charge in [-0.25, -0.2) is 4.79 Å². The summed E-state index contributed by atoms with van der Waals surface area (Å²) < 4.78 is 9.74. The van der Waals surface area contributed by atoms with Crippen LogP contribution in [0.3, 0.4) is 0 Å². The number of carbonyl (C=O) groups is 1. The van der Waals surface area contributed by atoms with Gasteiger partial charge in [-0.1, -0.05) is 37.0 Å². The fourth-order valence-corrected chi connectivity index (χ4v) is 1.23.